The van der Waals surface area contributed by atoms with Crippen molar-refractivity contribution in [1.29, 1.82) is 0 Å². The summed E-state index contributed by atoms with van der Waals surface area (Å²) < 4.78 is 84.8. The molecule has 0 aliphatic carbocycles. The molecule has 3 rings (SSSR count). The van der Waals surface area contributed by atoms with E-state index < -0.39 is 52.8 Å². The van der Waals surface area contributed by atoms with Gasteiger partial charge in [0.1, 0.15) is 6.61 Å². The number of hydrogen-bond donors (Lipinski definition) is 2. The van der Waals surface area contributed by atoms with Crippen molar-refractivity contribution in [2.24, 2.45) is 0 Å². The zero-order valence-corrected chi connectivity index (χ0v) is 17.8. The van der Waals surface area contributed by atoms with Crippen LogP contribution in [-0.4, -0.2) is 22.8 Å². The van der Waals surface area contributed by atoms with Crippen LogP contribution in [0.4, 0.5) is 26.3 Å². The second-order valence-corrected chi connectivity index (χ2v) is 7.46. The summed E-state index contributed by atoms with van der Waals surface area (Å²) in [7, 11) is 0. The number of benzene rings is 3. The van der Waals surface area contributed by atoms with Crippen molar-refractivity contribution in [3.63, 3.8) is 0 Å². The van der Waals surface area contributed by atoms with E-state index in [0.29, 0.717) is 36.1 Å². The normalized spacial score (nSPS) is 12.9. The molecule has 0 saturated heterocycles. The van der Waals surface area contributed by atoms with Gasteiger partial charge in [-0.15, -0.1) is 0 Å². The van der Waals surface area contributed by atoms with E-state index in [-0.39, 0.29) is 5.57 Å². The molecule has 0 radical (unpaired) electrons. The lowest BCUT2D eigenvalue weighted by Crippen LogP contribution is -2.39. The molecule has 2 N–H and O–H groups in total. The van der Waals surface area contributed by atoms with Crippen LogP contribution in [0.2, 0.25) is 0 Å². The topological polar surface area (TPSA) is 66.8 Å². The molecule has 0 aromatic heterocycles. The summed E-state index contributed by atoms with van der Waals surface area (Å²) in [5, 5.41) is 20.9. The smallest absolute Gasteiger partial charge is 0.416 e. The minimum atomic E-state index is -4.85. The van der Waals surface area contributed by atoms with Gasteiger partial charge < -0.3 is 14.9 Å². The van der Waals surface area contributed by atoms with Crippen LogP contribution >= 0.6 is 0 Å². The molecule has 3 aromatic rings. The van der Waals surface area contributed by atoms with Gasteiger partial charge in [0, 0.05) is 16.7 Å². The zero-order chi connectivity index (χ0) is 25.9. The summed E-state index contributed by atoms with van der Waals surface area (Å²) in [6.07, 6.45) is -9.07. The van der Waals surface area contributed by atoms with Crippen LogP contribution in [0.3, 0.4) is 0 Å². The van der Waals surface area contributed by atoms with Gasteiger partial charge in [-0.3, -0.25) is 0 Å². The number of alkyl halides is 6. The number of aliphatic hydroxyl groups is 2. The Morgan fingerprint density at radius 1 is 0.743 bits per heavy atom. The fourth-order valence-electron chi connectivity index (χ4n) is 3.34. The lowest BCUT2D eigenvalue weighted by atomic mass is 9.84. The summed E-state index contributed by atoms with van der Waals surface area (Å²) >= 11 is 0. The molecular weight excluding hydrogens is 478 g/mol. The van der Waals surface area contributed by atoms with E-state index in [4.69, 9.17) is 4.74 Å². The number of carbonyl (C=O) groups is 1. The van der Waals surface area contributed by atoms with Crippen LogP contribution < -0.4 is 0 Å². The van der Waals surface area contributed by atoms with E-state index in [1.807, 2.05) is 0 Å². The third-order valence-corrected chi connectivity index (χ3v) is 5.17. The van der Waals surface area contributed by atoms with E-state index in [9.17, 15) is 41.4 Å². The molecule has 0 bridgehead atoms. The Hall–Kier alpha value is -3.79. The van der Waals surface area contributed by atoms with Crippen molar-refractivity contribution in [1.82, 2.24) is 0 Å². The molecule has 0 unspecified atom stereocenters. The van der Waals surface area contributed by atoms with Crippen molar-refractivity contribution in [2.45, 2.75) is 18.0 Å². The lowest BCUT2D eigenvalue weighted by molar-refractivity contribution is -0.161. The minimum absolute atomic E-state index is 0.0781. The Bertz CT molecular complexity index is 1160. The van der Waals surface area contributed by atoms with Crippen LogP contribution in [0.25, 0.3) is 5.57 Å². The first kappa shape index (κ1) is 25.8. The Kier molecular flexibility index (Phi) is 7.25. The Balaban J connectivity index is 2.08. The first-order chi connectivity index (χ1) is 16.4. The van der Waals surface area contributed by atoms with Gasteiger partial charge in [0.05, 0.1) is 17.4 Å². The van der Waals surface area contributed by atoms with E-state index in [2.05, 4.69) is 0 Å². The lowest BCUT2D eigenvalue weighted by Gasteiger charge is -2.28. The van der Waals surface area contributed by atoms with Gasteiger partial charge in [0.2, 0.25) is 5.60 Å². The SMILES string of the molecule is O=C(OCC(=CO)c1ccccc1)C(O)(c1cccc(C(F)(F)F)c1)c1cccc(C(F)(F)F)c1. The quantitative estimate of drug-likeness (QED) is 0.246. The number of esters is 1. The maximum absolute atomic E-state index is 13.3. The Morgan fingerprint density at radius 3 is 1.63 bits per heavy atom. The van der Waals surface area contributed by atoms with Crippen LogP contribution in [0.5, 0.6) is 0 Å². The average Bonchev–Trinajstić information content (AvgIpc) is 2.83. The summed E-state index contributed by atoms with van der Waals surface area (Å²) in [5.74, 6) is -1.54. The number of rotatable bonds is 6. The largest absolute Gasteiger partial charge is 0.515 e. The van der Waals surface area contributed by atoms with Gasteiger partial charge in [-0.05, 0) is 29.8 Å². The summed E-state index contributed by atoms with van der Waals surface area (Å²) in [6.45, 7) is -0.625. The second-order valence-electron chi connectivity index (χ2n) is 7.46. The molecule has 0 amide bonds. The van der Waals surface area contributed by atoms with E-state index >= 15 is 0 Å². The molecule has 0 spiro atoms. The number of ether oxygens (including phenoxy) is 1. The van der Waals surface area contributed by atoms with E-state index in [1.54, 1.807) is 30.3 Å². The number of carbonyl (C=O) groups excluding carboxylic acids is 1. The monoisotopic (exact) mass is 496 g/mol. The summed E-state index contributed by atoms with van der Waals surface area (Å²) in [6, 6.07) is 14.1. The van der Waals surface area contributed by atoms with Crippen LogP contribution in [-0.2, 0) is 27.5 Å². The van der Waals surface area contributed by atoms with E-state index in [1.165, 1.54) is 0 Å². The van der Waals surface area contributed by atoms with E-state index in [0.717, 1.165) is 24.3 Å². The highest BCUT2D eigenvalue weighted by Gasteiger charge is 2.44. The molecule has 0 saturated carbocycles. The number of halogens is 6. The highest BCUT2D eigenvalue weighted by atomic mass is 19.4. The van der Waals surface area contributed by atoms with Gasteiger partial charge in [0.25, 0.3) is 0 Å². The molecule has 0 aliphatic heterocycles. The molecule has 0 atom stereocenters. The second kappa shape index (κ2) is 9.83. The van der Waals surface area contributed by atoms with Gasteiger partial charge in [-0.25, -0.2) is 4.79 Å². The van der Waals surface area contributed by atoms with Gasteiger partial charge in [-0.2, -0.15) is 26.3 Å². The van der Waals surface area contributed by atoms with Gasteiger partial charge in [-0.1, -0.05) is 54.6 Å². The first-order valence-corrected chi connectivity index (χ1v) is 10.0. The number of hydrogen-bond acceptors (Lipinski definition) is 4. The minimum Gasteiger partial charge on any atom is -0.515 e. The predicted molar refractivity (Wildman–Crippen MR) is 114 cm³/mol. The maximum Gasteiger partial charge on any atom is 0.416 e. The predicted octanol–water partition coefficient (Wildman–Crippen LogP) is 6.10. The Labute approximate surface area is 195 Å². The van der Waals surface area contributed by atoms with Crippen molar-refractivity contribution in [3.8, 4) is 0 Å². The molecule has 184 valence electrons. The first-order valence-electron chi connectivity index (χ1n) is 10.0. The Morgan fingerprint density at radius 2 is 1.20 bits per heavy atom. The van der Waals surface area contributed by atoms with Crippen molar-refractivity contribution in [2.75, 3.05) is 6.61 Å². The third-order valence-electron chi connectivity index (χ3n) is 5.17. The summed E-state index contributed by atoms with van der Waals surface area (Å²) in [4.78, 5) is 13.1. The van der Waals surface area contributed by atoms with Crippen LogP contribution in [0.15, 0.2) is 85.1 Å². The van der Waals surface area contributed by atoms with Gasteiger partial charge in [0.15, 0.2) is 0 Å². The van der Waals surface area contributed by atoms with Crippen molar-refractivity contribution >= 4 is 11.5 Å². The summed E-state index contributed by atoms with van der Waals surface area (Å²) in [5.41, 5.74) is -6.27. The molecule has 3 aromatic carbocycles. The molecule has 10 heteroatoms. The third kappa shape index (κ3) is 5.65. The van der Waals surface area contributed by atoms with Crippen molar-refractivity contribution < 1.29 is 46.1 Å². The van der Waals surface area contributed by atoms with Gasteiger partial charge >= 0.3 is 18.3 Å². The molecular formula is C25H18F6O4. The highest BCUT2D eigenvalue weighted by Crippen LogP contribution is 2.38. The molecule has 35 heavy (non-hydrogen) atoms. The fraction of sp³-hybridized carbons (Fsp3) is 0.160. The maximum atomic E-state index is 13.3. The number of aliphatic hydroxyl groups excluding tert-OH is 1. The van der Waals surface area contributed by atoms with Crippen LogP contribution in [0.1, 0.15) is 27.8 Å². The fourth-order valence-corrected chi connectivity index (χ4v) is 3.34. The molecule has 4 nitrogen and oxygen atoms in total. The molecule has 0 heterocycles. The van der Waals surface area contributed by atoms with Crippen LogP contribution in [0, 0.1) is 0 Å². The standard InChI is InChI=1S/C25H18F6O4/c26-24(27,28)20-10-4-8-18(12-20)23(34,19-9-5-11-21(13-19)25(29,30)31)22(33)35-15-17(14-32)16-6-2-1-3-7-16/h1-14,32,34H,15H2. The molecule has 0 aliphatic rings. The van der Waals surface area contributed by atoms with Crippen molar-refractivity contribution in [3.05, 3.63) is 113 Å². The highest BCUT2D eigenvalue weighted by molar-refractivity contribution is 5.86. The average molecular weight is 496 g/mol. The zero-order valence-electron chi connectivity index (χ0n) is 17.8. The molecule has 0 fully saturated rings.